The predicted molar refractivity (Wildman–Crippen MR) is 89.3 cm³/mol. The van der Waals surface area contributed by atoms with Gasteiger partial charge in [0.2, 0.25) is 0 Å². The van der Waals surface area contributed by atoms with Crippen LogP contribution in [0.25, 0.3) is 0 Å². The van der Waals surface area contributed by atoms with E-state index >= 15 is 0 Å². The second-order valence-electron chi connectivity index (χ2n) is 6.41. The molecule has 1 N–H and O–H groups in total. The van der Waals surface area contributed by atoms with Crippen molar-refractivity contribution in [2.45, 2.75) is 46.1 Å². The second-order valence-corrected chi connectivity index (χ2v) is 7.55. The lowest BCUT2D eigenvalue weighted by molar-refractivity contribution is 0.0944. The fraction of sp³-hybridized carbons (Fsp3) is 0.529. The minimum atomic E-state index is -0.0285. The molecule has 5 heteroatoms. The Hall–Kier alpha value is -1.62. The van der Waals surface area contributed by atoms with Crippen LogP contribution >= 0.6 is 11.3 Å². The van der Waals surface area contributed by atoms with E-state index in [9.17, 15) is 4.79 Å². The van der Waals surface area contributed by atoms with E-state index in [1.807, 2.05) is 31.8 Å². The van der Waals surface area contributed by atoms with Gasteiger partial charge in [0, 0.05) is 23.2 Å². The van der Waals surface area contributed by atoms with E-state index in [0.717, 1.165) is 34.9 Å². The lowest BCUT2D eigenvalue weighted by Crippen LogP contribution is -2.26. The first-order chi connectivity index (χ1) is 10.5. The normalized spacial score (nSPS) is 18.8. The van der Waals surface area contributed by atoms with E-state index in [4.69, 9.17) is 0 Å². The molecule has 0 saturated carbocycles. The van der Waals surface area contributed by atoms with Crippen LogP contribution < -0.4 is 5.32 Å². The van der Waals surface area contributed by atoms with Crippen LogP contribution in [0.3, 0.4) is 0 Å². The van der Waals surface area contributed by atoms with Crippen molar-refractivity contribution in [2.75, 3.05) is 0 Å². The molecule has 3 rings (SSSR count). The topological polar surface area (TPSA) is 46.9 Å². The molecule has 0 saturated heterocycles. The van der Waals surface area contributed by atoms with Gasteiger partial charge in [-0.25, -0.2) is 0 Å². The van der Waals surface area contributed by atoms with Crippen LogP contribution in [-0.2, 0) is 19.9 Å². The summed E-state index contributed by atoms with van der Waals surface area (Å²) in [6.45, 7) is 6.32. The molecule has 2 heterocycles. The Morgan fingerprint density at radius 1 is 1.55 bits per heavy atom. The lowest BCUT2D eigenvalue weighted by atomic mass is 9.90. The van der Waals surface area contributed by atoms with Crippen LogP contribution in [0.15, 0.2) is 12.3 Å². The minimum Gasteiger partial charge on any atom is -0.345 e. The van der Waals surface area contributed by atoms with E-state index in [2.05, 4.69) is 23.4 Å². The summed E-state index contributed by atoms with van der Waals surface area (Å²) in [5.41, 5.74) is 3.54. The zero-order chi connectivity index (χ0) is 15.9. The third-order valence-electron chi connectivity index (χ3n) is 4.64. The zero-order valence-electron chi connectivity index (χ0n) is 13.6. The van der Waals surface area contributed by atoms with Crippen LogP contribution in [-0.4, -0.2) is 15.7 Å². The first-order valence-corrected chi connectivity index (χ1v) is 8.68. The van der Waals surface area contributed by atoms with E-state index in [1.54, 1.807) is 11.3 Å². The van der Waals surface area contributed by atoms with Gasteiger partial charge in [-0.05, 0) is 50.7 Å². The number of rotatable bonds is 3. The summed E-state index contributed by atoms with van der Waals surface area (Å²) in [5, 5.41) is 7.35. The monoisotopic (exact) mass is 317 g/mol. The highest BCUT2D eigenvalue weighted by atomic mass is 32.1. The molecule has 2 aromatic rings. The third-order valence-corrected chi connectivity index (χ3v) is 5.88. The predicted octanol–water partition coefficient (Wildman–Crippen LogP) is 3.41. The molecule has 0 aromatic carbocycles. The lowest BCUT2D eigenvalue weighted by Gasteiger charge is -2.16. The van der Waals surface area contributed by atoms with Gasteiger partial charge in [-0.2, -0.15) is 5.10 Å². The van der Waals surface area contributed by atoms with E-state index < -0.39 is 0 Å². The van der Waals surface area contributed by atoms with Crippen molar-refractivity contribution >= 4 is 17.2 Å². The van der Waals surface area contributed by atoms with Gasteiger partial charge < -0.3 is 5.32 Å². The minimum absolute atomic E-state index is 0.0285. The zero-order valence-corrected chi connectivity index (χ0v) is 14.5. The van der Waals surface area contributed by atoms with Gasteiger partial charge in [0.15, 0.2) is 0 Å². The number of carbonyl (C=O) groups is 1. The van der Waals surface area contributed by atoms with Gasteiger partial charge in [0.1, 0.15) is 0 Å². The van der Waals surface area contributed by atoms with Crippen molar-refractivity contribution in [3.63, 3.8) is 0 Å². The van der Waals surface area contributed by atoms with Crippen molar-refractivity contribution in [2.24, 2.45) is 13.0 Å². The molecule has 0 aliphatic heterocycles. The van der Waals surface area contributed by atoms with Gasteiger partial charge in [-0.3, -0.25) is 9.48 Å². The first kappa shape index (κ1) is 15.3. The van der Waals surface area contributed by atoms with E-state index in [0.29, 0.717) is 0 Å². The Labute approximate surface area is 135 Å². The number of nitrogens with zero attached hydrogens (tertiary/aromatic N) is 2. The number of aromatic nitrogens is 2. The molecule has 1 aliphatic carbocycles. The summed E-state index contributed by atoms with van der Waals surface area (Å²) in [6.07, 6.45) is 5.29. The molecule has 0 bridgehead atoms. The van der Waals surface area contributed by atoms with Crippen LogP contribution in [0, 0.1) is 12.8 Å². The van der Waals surface area contributed by atoms with Crippen molar-refractivity contribution in [1.82, 2.24) is 15.1 Å². The molecule has 0 fully saturated rings. The first-order valence-electron chi connectivity index (χ1n) is 7.86. The number of hydrogen-bond acceptors (Lipinski definition) is 3. The molecule has 4 nitrogen and oxygen atoms in total. The van der Waals surface area contributed by atoms with E-state index in [1.165, 1.54) is 16.9 Å². The van der Waals surface area contributed by atoms with E-state index in [-0.39, 0.29) is 11.9 Å². The summed E-state index contributed by atoms with van der Waals surface area (Å²) >= 11 is 1.66. The molecule has 1 amide bonds. The van der Waals surface area contributed by atoms with Crippen molar-refractivity contribution in [1.29, 1.82) is 0 Å². The van der Waals surface area contributed by atoms with Crippen LogP contribution in [0.5, 0.6) is 0 Å². The van der Waals surface area contributed by atoms with Gasteiger partial charge in [0.25, 0.3) is 5.91 Å². The molecule has 2 atom stereocenters. The molecule has 118 valence electrons. The van der Waals surface area contributed by atoms with Gasteiger partial charge in [-0.15, -0.1) is 11.3 Å². The fourth-order valence-electron chi connectivity index (χ4n) is 3.10. The summed E-state index contributed by atoms with van der Waals surface area (Å²) in [6, 6.07) is 2.06. The smallest absolute Gasteiger partial charge is 0.261 e. The molecular formula is C17H23N3OS. The summed E-state index contributed by atoms with van der Waals surface area (Å²) in [4.78, 5) is 14.8. The Bertz CT molecular complexity index is 701. The van der Waals surface area contributed by atoms with Crippen molar-refractivity contribution in [3.05, 3.63) is 38.8 Å². The SMILES string of the molecule is Cc1c([C@@H](C)NC(=O)c2cc3c(s2)CC[C@@H](C)C3)cnn1C. The molecule has 0 radical (unpaired) electrons. The van der Waals surface area contributed by atoms with Crippen molar-refractivity contribution in [3.8, 4) is 0 Å². The van der Waals surface area contributed by atoms with Crippen LogP contribution in [0.4, 0.5) is 0 Å². The molecule has 0 unspecified atom stereocenters. The average molecular weight is 317 g/mol. The van der Waals surface area contributed by atoms with Gasteiger partial charge in [-0.1, -0.05) is 6.92 Å². The maximum Gasteiger partial charge on any atom is 0.261 e. The summed E-state index contributed by atoms with van der Waals surface area (Å²) in [7, 11) is 1.92. The molecule has 1 aliphatic rings. The van der Waals surface area contributed by atoms with Crippen molar-refractivity contribution < 1.29 is 4.79 Å². The number of amides is 1. The third kappa shape index (κ3) is 2.82. The number of nitrogens with one attached hydrogen (secondary N) is 1. The number of hydrogen-bond donors (Lipinski definition) is 1. The van der Waals surface area contributed by atoms with Gasteiger partial charge in [0.05, 0.1) is 17.1 Å². The number of aryl methyl sites for hydroxylation is 2. The highest BCUT2D eigenvalue weighted by Crippen LogP contribution is 2.32. The number of carbonyl (C=O) groups excluding carboxylic acids is 1. The molecular weight excluding hydrogens is 294 g/mol. The molecule has 2 aromatic heterocycles. The molecule has 0 spiro atoms. The maximum absolute atomic E-state index is 12.5. The summed E-state index contributed by atoms with van der Waals surface area (Å²) < 4.78 is 1.84. The Kier molecular flexibility index (Phi) is 4.08. The quantitative estimate of drug-likeness (QED) is 0.943. The van der Waals surface area contributed by atoms with Crippen LogP contribution in [0.2, 0.25) is 0 Å². The maximum atomic E-state index is 12.5. The largest absolute Gasteiger partial charge is 0.345 e. The van der Waals surface area contributed by atoms with Crippen LogP contribution in [0.1, 0.15) is 57.7 Å². The van der Waals surface area contributed by atoms with Gasteiger partial charge >= 0.3 is 0 Å². The summed E-state index contributed by atoms with van der Waals surface area (Å²) in [5.74, 6) is 0.762. The number of fused-ring (bicyclic) bond motifs is 1. The fourth-order valence-corrected chi connectivity index (χ4v) is 4.22. The second kappa shape index (κ2) is 5.88. The Morgan fingerprint density at radius 3 is 3.00 bits per heavy atom. The highest BCUT2D eigenvalue weighted by molar-refractivity contribution is 7.14. The highest BCUT2D eigenvalue weighted by Gasteiger charge is 2.22. The average Bonchev–Trinajstić information content (AvgIpc) is 3.03. The Morgan fingerprint density at radius 2 is 2.32 bits per heavy atom. The Balaban J connectivity index is 1.73. The number of thiophene rings is 1. The molecule has 22 heavy (non-hydrogen) atoms. The standard InChI is InChI=1S/C17H23N3OS/c1-10-5-6-15-13(7-10)8-16(22-15)17(21)19-11(2)14-9-18-20(4)12(14)3/h8-11H,5-7H2,1-4H3,(H,19,21)/t10-,11-/m1/s1.